The molecule has 1 amide bonds. The lowest BCUT2D eigenvalue weighted by molar-refractivity contribution is -0.0328. The van der Waals surface area contributed by atoms with Crippen molar-refractivity contribution in [2.45, 2.75) is 22.9 Å². The summed E-state index contributed by atoms with van der Waals surface area (Å²) < 4.78 is 42.5. The number of amides is 1. The highest BCUT2D eigenvalue weighted by Crippen LogP contribution is 2.37. The molecule has 0 unspecified atom stereocenters. The van der Waals surface area contributed by atoms with E-state index in [2.05, 4.69) is 5.32 Å². The highest BCUT2D eigenvalue weighted by atomic mass is 32.2. The molecule has 1 aliphatic heterocycles. The second-order valence-corrected chi connectivity index (χ2v) is 6.41. The van der Waals surface area contributed by atoms with E-state index in [1.54, 1.807) is 0 Å². The highest BCUT2D eigenvalue weighted by Gasteiger charge is 2.29. The van der Waals surface area contributed by atoms with E-state index >= 15 is 0 Å². The Labute approximate surface area is 141 Å². The Kier molecular flexibility index (Phi) is 4.71. The molecule has 1 aliphatic rings. The van der Waals surface area contributed by atoms with Crippen molar-refractivity contribution in [3.63, 3.8) is 0 Å². The van der Waals surface area contributed by atoms with E-state index in [0.717, 1.165) is 11.3 Å². The third-order valence-corrected chi connectivity index (χ3v) is 4.35. The first-order chi connectivity index (χ1) is 11.4. The zero-order valence-corrected chi connectivity index (χ0v) is 13.3. The molecule has 0 bridgehead atoms. The van der Waals surface area contributed by atoms with Gasteiger partial charge in [-0.25, -0.2) is 0 Å². The zero-order chi connectivity index (χ0) is 17.2. The summed E-state index contributed by atoms with van der Waals surface area (Å²) in [7, 11) is 0. The summed E-state index contributed by atoms with van der Waals surface area (Å²) in [6.45, 7) is 0.503. The molecule has 0 fully saturated rings. The van der Waals surface area contributed by atoms with Gasteiger partial charge < -0.3 is 10.1 Å². The SMILES string of the molecule is O=C(N[C@H]1CCOc2ccccc21)c1ccc(SC(F)(F)F)cc1. The van der Waals surface area contributed by atoms with Crippen molar-refractivity contribution in [2.24, 2.45) is 0 Å². The second-order valence-electron chi connectivity index (χ2n) is 5.27. The number of ether oxygens (including phenoxy) is 1. The molecular weight excluding hydrogens is 339 g/mol. The molecule has 0 spiro atoms. The Bertz CT molecular complexity index is 731. The number of hydrogen-bond donors (Lipinski definition) is 1. The second kappa shape index (κ2) is 6.76. The Hall–Kier alpha value is -2.15. The largest absolute Gasteiger partial charge is 0.493 e. The van der Waals surface area contributed by atoms with Crippen LogP contribution in [0.2, 0.25) is 0 Å². The van der Waals surface area contributed by atoms with Gasteiger partial charge in [0.25, 0.3) is 5.91 Å². The molecule has 0 saturated carbocycles. The molecule has 0 aromatic heterocycles. The summed E-state index contributed by atoms with van der Waals surface area (Å²) in [4.78, 5) is 12.4. The molecule has 2 aromatic rings. The number of nitrogens with one attached hydrogen (secondary N) is 1. The van der Waals surface area contributed by atoms with Crippen molar-refractivity contribution in [3.05, 3.63) is 59.7 Å². The molecule has 126 valence electrons. The van der Waals surface area contributed by atoms with Crippen LogP contribution in [-0.4, -0.2) is 18.0 Å². The molecule has 1 N–H and O–H groups in total. The number of alkyl halides is 3. The molecule has 0 radical (unpaired) electrons. The fourth-order valence-electron chi connectivity index (χ4n) is 2.54. The number of hydrogen-bond acceptors (Lipinski definition) is 3. The van der Waals surface area contributed by atoms with Crippen molar-refractivity contribution < 1.29 is 22.7 Å². The number of fused-ring (bicyclic) bond motifs is 1. The fraction of sp³-hybridized carbons (Fsp3) is 0.235. The maximum atomic E-state index is 12.3. The number of para-hydroxylation sites is 1. The average molecular weight is 353 g/mol. The molecule has 0 saturated heterocycles. The van der Waals surface area contributed by atoms with Crippen LogP contribution in [0, 0.1) is 0 Å². The standard InChI is InChI=1S/C17H14F3NO2S/c18-17(19,20)24-12-7-5-11(6-8-12)16(22)21-14-9-10-23-15-4-2-1-3-13(14)15/h1-8,14H,9-10H2,(H,21,22)/t14-/m0/s1. The number of carbonyl (C=O) groups excluding carboxylic acids is 1. The van der Waals surface area contributed by atoms with E-state index in [4.69, 9.17) is 4.74 Å². The van der Waals surface area contributed by atoms with Gasteiger partial charge >= 0.3 is 5.51 Å². The van der Waals surface area contributed by atoms with Gasteiger partial charge in [-0.1, -0.05) is 18.2 Å². The van der Waals surface area contributed by atoms with E-state index in [9.17, 15) is 18.0 Å². The van der Waals surface area contributed by atoms with Crippen LogP contribution >= 0.6 is 11.8 Å². The summed E-state index contributed by atoms with van der Waals surface area (Å²) in [5, 5.41) is 2.91. The molecule has 3 rings (SSSR count). The van der Waals surface area contributed by atoms with Crippen LogP contribution in [0.3, 0.4) is 0 Å². The van der Waals surface area contributed by atoms with Gasteiger partial charge in [-0.2, -0.15) is 13.2 Å². The zero-order valence-electron chi connectivity index (χ0n) is 12.5. The van der Waals surface area contributed by atoms with Crippen LogP contribution < -0.4 is 10.1 Å². The van der Waals surface area contributed by atoms with Gasteiger partial charge in [0, 0.05) is 22.4 Å². The van der Waals surface area contributed by atoms with Gasteiger partial charge in [-0.15, -0.1) is 0 Å². The molecule has 1 heterocycles. The first-order valence-corrected chi connectivity index (χ1v) is 8.12. The monoisotopic (exact) mass is 353 g/mol. The van der Waals surface area contributed by atoms with Gasteiger partial charge in [0.1, 0.15) is 5.75 Å². The minimum atomic E-state index is -4.34. The summed E-state index contributed by atoms with van der Waals surface area (Å²) in [6.07, 6.45) is 0.644. The van der Waals surface area contributed by atoms with Crippen LogP contribution in [0.4, 0.5) is 13.2 Å². The van der Waals surface area contributed by atoms with Crippen molar-refractivity contribution in [2.75, 3.05) is 6.61 Å². The molecule has 7 heteroatoms. The van der Waals surface area contributed by atoms with Gasteiger partial charge in [-0.3, -0.25) is 4.79 Å². The minimum absolute atomic E-state index is 0.0514. The predicted octanol–water partition coefficient (Wildman–Crippen LogP) is 4.55. The molecule has 1 atom stereocenters. The van der Waals surface area contributed by atoms with Crippen LogP contribution in [0.15, 0.2) is 53.4 Å². The Morgan fingerprint density at radius 1 is 1.12 bits per heavy atom. The summed E-state index contributed by atoms with van der Waals surface area (Å²) in [5.41, 5.74) is -3.11. The number of halogens is 3. The smallest absolute Gasteiger partial charge is 0.446 e. The van der Waals surface area contributed by atoms with Crippen LogP contribution in [0.5, 0.6) is 5.75 Å². The highest BCUT2D eigenvalue weighted by molar-refractivity contribution is 8.00. The molecule has 3 nitrogen and oxygen atoms in total. The lowest BCUT2D eigenvalue weighted by Gasteiger charge is -2.26. The quantitative estimate of drug-likeness (QED) is 0.823. The fourth-order valence-corrected chi connectivity index (χ4v) is 3.08. The lowest BCUT2D eigenvalue weighted by Crippen LogP contribution is -2.32. The Morgan fingerprint density at radius 3 is 2.54 bits per heavy atom. The summed E-state index contributed by atoms with van der Waals surface area (Å²) in [6, 6.07) is 12.7. The maximum absolute atomic E-state index is 12.3. The van der Waals surface area contributed by atoms with Crippen molar-refractivity contribution in [3.8, 4) is 5.75 Å². The lowest BCUT2D eigenvalue weighted by atomic mass is 10.00. The number of thioether (sulfide) groups is 1. The van der Waals surface area contributed by atoms with Crippen molar-refractivity contribution in [1.29, 1.82) is 0 Å². The molecule has 2 aromatic carbocycles. The number of carbonyl (C=O) groups is 1. The van der Waals surface area contributed by atoms with Gasteiger partial charge in [0.2, 0.25) is 0 Å². The number of benzene rings is 2. The van der Waals surface area contributed by atoms with E-state index in [1.807, 2.05) is 24.3 Å². The van der Waals surface area contributed by atoms with Gasteiger partial charge in [0.15, 0.2) is 0 Å². The van der Waals surface area contributed by atoms with Gasteiger partial charge in [0.05, 0.1) is 12.6 Å². The maximum Gasteiger partial charge on any atom is 0.446 e. The first-order valence-electron chi connectivity index (χ1n) is 7.31. The van der Waals surface area contributed by atoms with Crippen LogP contribution in [0.25, 0.3) is 0 Å². The van der Waals surface area contributed by atoms with E-state index in [1.165, 1.54) is 24.3 Å². The summed E-state index contributed by atoms with van der Waals surface area (Å²) in [5.74, 6) is 0.422. The normalized spacial score (nSPS) is 16.9. The van der Waals surface area contributed by atoms with E-state index in [0.29, 0.717) is 18.6 Å². The predicted molar refractivity (Wildman–Crippen MR) is 85.1 cm³/mol. The topological polar surface area (TPSA) is 38.3 Å². The third kappa shape index (κ3) is 4.03. The average Bonchev–Trinajstić information content (AvgIpc) is 2.54. The Balaban J connectivity index is 1.70. The minimum Gasteiger partial charge on any atom is -0.493 e. The van der Waals surface area contributed by atoms with Crippen molar-refractivity contribution >= 4 is 17.7 Å². The van der Waals surface area contributed by atoms with Crippen LogP contribution in [-0.2, 0) is 0 Å². The first kappa shape index (κ1) is 16.7. The van der Waals surface area contributed by atoms with E-state index in [-0.39, 0.29) is 28.6 Å². The summed E-state index contributed by atoms with van der Waals surface area (Å²) >= 11 is -0.201. The third-order valence-electron chi connectivity index (χ3n) is 3.61. The van der Waals surface area contributed by atoms with Crippen LogP contribution in [0.1, 0.15) is 28.4 Å². The molecule has 24 heavy (non-hydrogen) atoms. The molecule has 0 aliphatic carbocycles. The number of rotatable bonds is 3. The van der Waals surface area contributed by atoms with E-state index < -0.39 is 5.51 Å². The molecular formula is C17H14F3NO2S. The Morgan fingerprint density at radius 2 is 1.83 bits per heavy atom. The van der Waals surface area contributed by atoms with Gasteiger partial charge in [-0.05, 0) is 42.1 Å². The van der Waals surface area contributed by atoms with Crippen molar-refractivity contribution in [1.82, 2.24) is 5.32 Å².